The zero-order valence-corrected chi connectivity index (χ0v) is 12.3. The van der Waals surface area contributed by atoms with Crippen LogP contribution in [0.15, 0.2) is 23.1 Å². The number of hydrogen-bond donors (Lipinski definition) is 3. The first-order valence-corrected chi connectivity index (χ1v) is 7.66. The lowest BCUT2D eigenvalue weighted by Crippen LogP contribution is -2.43. The summed E-state index contributed by atoms with van der Waals surface area (Å²) in [6.07, 6.45) is 3.48. The molecule has 4 N–H and O–H groups in total. The molecule has 1 aromatic rings. The summed E-state index contributed by atoms with van der Waals surface area (Å²) in [5.41, 5.74) is 7.00. The van der Waals surface area contributed by atoms with Crippen LogP contribution in [0.2, 0.25) is 0 Å². The highest BCUT2D eigenvalue weighted by Crippen LogP contribution is 2.32. The summed E-state index contributed by atoms with van der Waals surface area (Å²) in [6.45, 7) is 3.48. The normalized spacial score (nSPS) is 18.4. The molecule has 0 radical (unpaired) electrons. The van der Waals surface area contributed by atoms with Crippen molar-refractivity contribution in [2.45, 2.75) is 30.3 Å². The van der Waals surface area contributed by atoms with Crippen molar-refractivity contribution in [3.05, 3.63) is 23.8 Å². The predicted octanol–water partition coefficient (Wildman–Crippen LogP) is 2.04. The quantitative estimate of drug-likeness (QED) is 0.450. The topological polar surface area (TPSA) is 73.3 Å². The van der Waals surface area contributed by atoms with Gasteiger partial charge in [-0.05, 0) is 38.2 Å². The van der Waals surface area contributed by atoms with Crippen LogP contribution in [0.5, 0.6) is 0 Å². The van der Waals surface area contributed by atoms with Crippen molar-refractivity contribution in [2.24, 2.45) is 5.73 Å². The fourth-order valence-electron chi connectivity index (χ4n) is 2.45. The Morgan fingerprint density at radius 3 is 2.58 bits per heavy atom. The minimum atomic E-state index is -0.565. The maximum atomic E-state index is 10.0. The molecule has 104 valence electrons. The molecular formula is C14H21N3OS. The Balaban J connectivity index is 2.32. The van der Waals surface area contributed by atoms with Crippen LogP contribution in [0, 0.1) is 5.41 Å². The fraction of sp³-hybridized carbons (Fsp3) is 0.500. The molecule has 0 saturated carbocycles. The lowest BCUT2D eigenvalue weighted by Gasteiger charge is -2.38. The van der Waals surface area contributed by atoms with Crippen molar-refractivity contribution in [1.82, 2.24) is 0 Å². The molecule has 0 amide bonds. The molecule has 0 bridgehead atoms. The van der Waals surface area contributed by atoms with Gasteiger partial charge in [-0.25, -0.2) is 0 Å². The minimum Gasteiger partial charge on any atom is -0.390 e. The van der Waals surface area contributed by atoms with Crippen molar-refractivity contribution >= 4 is 23.3 Å². The first-order valence-electron chi connectivity index (χ1n) is 6.43. The molecule has 1 aliphatic rings. The van der Waals surface area contributed by atoms with E-state index in [0.717, 1.165) is 42.1 Å². The van der Waals surface area contributed by atoms with E-state index in [1.807, 2.05) is 31.4 Å². The van der Waals surface area contributed by atoms with Crippen molar-refractivity contribution in [1.29, 1.82) is 5.41 Å². The Morgan fingerprint density at radius 1 is 1.42 bits per heavy atom. The van der Waals surface area contributed by atoms with Gasteiger partial charge in [-0.3, -0.25) is 5.41 Å². The van der Waals surface area contributed by atoms with Gasteiger partial charge in [-0.1, -0.05) is 6.07 Å². The van der Waals surface area contributed by atoms with Crippen LogP contribution in [0.3, 0.4) is 0 Å². The van der Waals surface area contributed by atoms with Gasteiger partial charge in [0, 0.05) is 23.7 Å². The van der Waals surface area contributed by atoms with E-state index in [9.17, 15) is 5.11 Å². The summed E-state index contributed by atoms with van der Waals surface area (Å²) in [4.78, 5) is 3.25. The molecule has 1 fully saturated rings. The van der Waals surface area contributed by atoms with E-state index in [2.05, 4.69) is 4.90 Å². The third-order valence-electron chi connectivity index (χ3n) is 3.67. The summed E-state index contributed by atoms with van der Waals surface area (Å²) < 4.78 is 0. The van der Waals surface area contributed by atoms with Crippen molar-refractivity contribution in [3.8, 4) is 0 Å². The maximum absolute atomic E-state index is 10.0. The molecule has 1 saturated heterocycles. The van der Waals surface area contributed by atoms with Gasteiger partial charge in [0.1, 0.15) is 5.84 Å². The zero-order valence-electron chi connectivity index (χ0n) is 11.4. The zero-order chi connectivity index (χ0) is 14.0. The monoisotopic (exact) mass is 279 g/mol. The fourth-order valence-corrected chi connectivity index (χ4v) is 3.09. The Morgan fingerprint density at radius 2 is 2.05 bits per heavy atom. The summed E-state index contributed by atoms with van der Waals surface area (Å²) in [5.74, 6) is 0.109. The Labute approximate surface area is 118 Å². The van der Waals surface area contributed by atoms with Crippen molar-refractivity contribution in [2.75, 3.05) is 24.2 Å². The van der Waals surface area contributed by atoms with E-state index in [1.165, 1.54) is 0 Å². The van der Waals surface area contributed by atoms with E-state index in [1.54, 1.807) is 11.8 Å². The largest absolute Gasteiger partial charge is 0.390 e. The number of amidine groups is 1. The van der Waals surface area contributed by atoms with Gasteiger partial charge < -0.3 is 15.7 Å². The number of rotatable bonds is 3. The summed E-state index contributed by atoms with van der Waals surface area (Å²) in [7, 11) is 0. The highest BCUT2D eigenvalue weighted by atomic mass is 32.2. The van der Waals surface area contributed by atoms with Crippen molar-refractivity contribution in [3.63, 3.8) is 0 Å². The number of hydrogen-bond acceptors (Lipinski definition) is 4. The summed E-state index contributed by atoms with van der Waals surface area (Å²) >= 11 is 1.60. The molecule has 2 rings (SSSR count). The average Bonchev–Trinajstić information content (AvgIpc) is 2.37. The summed E-state index contributed by atoms with van der Waals surface area (Å²) in [5, 5.41) is 17.8. The van der Waals surface area contributed by atoms with Crippen LogP contribution in [0.25, 0.3) is 0 Å². The molecule has 19 heavy (non-hydrogen) atoms. The molecule has 1 aromatic carbocycles. The Kier molecular flexibility index (Phi) is 4.06. The van der Waals surface area contributed by atoms with Gasteiger partial charge in [-0.15, -0.1) is 11.8 Å². The lowest BCUT2D eigenvalue weighted by molar-refractivity contribution is 0.0351. The molecule has 1 aliphatic heterocycles. The molecule has 0 aliphatic carbocycles. The number of nitrogens with two attached hydrogens (primary N) is 1. The molecule has 0 spiro atoms. The van der Waals surface area contributed by atoms with E-state index in [4.69, 9.17) is 11.1 Å². The Bertz CT molecular complexity index is 478. The molecule has 0 aromatic heterocycles. The van der Waals surface area contributed by atoms with Crippen LogP contribution in [0.4, 0.5) is 5.69 Å². The highest BCUT2D eigenvalue weighted by Gasteiger charge is 2.28. The van der Waals surface area contributed by atoms with Gasteiger partial charge in [-0.2, -0.15) is 0 Å². The minimum absolute atomic E-state index is 0.109. The number of nitrogens with zero attached hydrogens (tertiary/aromatic N) is 1. The molecule has 1 heterocycles. The van der Waals surface area contributed by atoms with E-state index in [-0.39, 0.29) is 5.84 Å². The first kappa shape index (κ1) is 14.2. The second-order valence-corrected chi connectivity index (χ2v) is 6.10. The number of piperidine rings is 1. The predicted molar refractivity (Wildman–Crippen MR) is 81.3 cm³/mol. The van der Waals surface area contributed by atoms with Gasteiger partial charge in [0.25, 0.3) is 0 Å². The first-order chi connectivity index (χ1) is 8.94. The number of benzene rings is 1. The number of thioether (sulfide) groups is 1. The van der Waals surface area contributed by atoms with Gasteiger partial charge in [0.2, 0.25) is 0 Å². The van der Waals surface area contributed by atoms with Crippen LogP contribution in [-0.4, -0.2) is 35.9 Å². The molecule has 5 heteroatoms. The lowest BCUT2D eigenvalue weighted by atomic mass is 9.93. The molecule has 0 unspecified atom stereocenters. The summed E-state index contributed by atoms with van der Waals surface area (Å²) in [6, 6.07) is 6.00. The SMILES string of the molecule is CSc1cccc(N2CCC(C)(O)CC2)c1C(=N)N. The number of nitrogens with one attached hydrogen (secondary N) is 1. The second kappa shape index (κ2) is 5.43. The van der Waals surface area contributed by atoms with Crippen LogP contribution >= 0.6 is 11.8 Å². The standard InChI is InChI=1S/C14H21N3OS/c1-14(18)6-8-17(9-7-14)10-4-3-5-11(19-2)12(10)13(15)16/h3-5,18H,6-9H2,1-2H3,(H3,15,16). The third-order valence-corrected chi connectivity index (χ3v) is 4.45. The van der Waals surface area contributed by atoms with Crippen LogP contribution < -0.4 is 10.6 Å². The smallest absolute Gasteiger partial charge is 0.126 e. The highest BCUT2D eigenvalue weighted by molar-refractivity contribution is 7.98. The maximum Gasteiger partial charge on any atom is 0.126 e. The average molecular weight is 279 g/mol. The number of nitrogen functional groups attached to an aromatic ring is 1. The second-order valence-electron chi connectivity index (χ2n) is 5.25. The Hall–Kier alpha value is -1.20. The van der Waals surface area contributed by atoms with E-state index in [0.29, 0.717) is 0 Å². The van der Waals surface area contributed by atoms with Gasteiger partial charge >= 0.3 is 0 Å². The third kappa shape index (κ3) is 3.04. The van der Waals surface area contributed by atoms with Crippen molar-refractivity contribution < 1.29 is 5.11 Å². The van der Waals surface area contributed by atoms with E-state index >= 15 is 0 Å². The van der Waals surface area contributed by atoms with Gasteiger partial charge in [0.05, 0.1) is 11.2 Å². The number of aliphatic hydroxyl groups is 1. The molecular weight excluding hydrogens is 258 g/mol. The molecule has 0 atom stereocenters. The molecule has 4 nitrogen and oxygen atoms in total. The van der Waals surface area contributed by atoms with Crippen LogP contribution in [0.1, 0.15) is 25.3 Å². The van der Waals surface area contributed by atoms with Gasteiger partial charge in [0.15, 0.2) is 0 Å². The number of anilines is 1. The van der Waals surface area contributed by atoms with Crippen LogP contribution in [-0.2, 0) is 0 Å². The van der Waals surface area contributed by atoms with E-state index < -0.39 is 5.60 Å².